The maximum absolute atomic E-state index is 12.2. The summed E-state index contributed by atoms with van der Waals surface area (Å²) in [6.07, 6.45) is 4.45. The minimum absolute atomic E-state index is 0.219. The molecule has 1 spiro atoms. The van der Waals surface area contributed by atoms with E-state index < -0.39 is 0 Å². The molecule has 4 aromatic rings. The number of aromatic amines is 1. The van der Waals surface area contributed by atoms with Gasteiger partial charge in [0.2, 0.25) is 5.91 Å². The number of fused-ring (bicyclic) bond motifs is 1. The Morgan fingerprint density at radius 1 is 1.20 bits per heavy atom. The predicted molar refractivity (Wildman–Crippen MR) is 143 cm³/mol. The lowest BCUT2D eigenvalue weighted by Crippen LogP contribution is -2.63. The summed E-state index contributed by atoms with van der Waals surface area (Å²) in [5.41, 5.74) is 7.39. The van der Waals surface area contributed by atoms with Gasteiger partial charge in [0.05, 0.1) is 22.8 Å². The summed E-state index contributed by atoms with van der Waals surface area (Å²) < 4.78 is 2.20. The van der Waals surface area contributed by atoms with Crippen LogP contribution < -0.4 is 0 Å². The van der Waals surface area contributed by atoms with Gasteiger partial charge in [-0.15, -0.1) is 0 Å². The van der Waals surface area contributed by atoms with Gasteiger partial charge in [-0.1, -0.05) is 41.9 Å². The van der Waals surface area contributed by atoms with E-state index in [1.54, 1.807) is 0 Å². The number of hydrogen-bond donors (Lipinski definition) is 2. The molecule has 0 unspecified atom stereocenters. The number of aryl methyl sites for hydroxylation is 1. The van der Waals surface area contributed by atoms with Crippen LogP contribution in [0.5, 0.6) is 0 Å². The molecule has 1 amide bonds. The largest absolute Gasteiger partial charge is 0.341 e. The Balaban J connectivity index is 1.40. The molecule has 1 aliphatic carbocycles. The molecule has 35 heavy (non-hydrogen) atoms. The highest BCUT2D eigenvalue weighted by atomic mass is 35.5. The minimum Gasteiger partial charge on any atom is -0.341 e. The highest BCUT2D eigenvalue weighted by Crippen LogP contribution is 2.55. The zero-order valence-corrected chi connectivity index (χ0v) is 21.5. The number of nitrogens with one attached hydrogen (secondary N) is 1. The maximum atomic E-state index is 12.2. The fourth-order valence-corrected chi connectivity index (χ4v) is 6.42. The first kappa shape index (κ1) is 22.7. The molecule has 0 bridgehead atoms. The van der Waals surface area contributed by atoms with E-state index in [2.05, 4.69) is 46.6 Å². The van der Waals surface area contributed by atoms with Crippen LogP contribution in [0.1, 0.15) is 36.6 Å². The highest BCUT2D eigenvalue weighted by Gasteiger charge is 2.54. The van der Waals surface area contributed by atoms with Crippen molar-refractivity contribution >= 4 is 41.0 Å². The zero-order chi connectivity index (χ0) is 24.3. The Morgan fingerprint density at radius 3 is 2.66 bits per heavy atom. The van der Waals surface area contributed by atoms with Crippen molar-refractivity contribution in [3.05, 3.63) is 58.9 Å². The van der Waals surface area contributed by atoms with E-state index in [1.807, 2.05) is 42.3 Å². The summed E-state index contributed by atoms with van der Waals surface area (Å²) in [5.74, 6) is 0.824. The van der Waals surface area contributed by atoms with Crippen LogP contribution in [0.4, 0.5) is 0 Å². The second-order valence-corrected chi connectivity index (χ2v) is 10.9. The number of benzene rings is 2. The minimum atomic E-state index is 0.219. The molecule has 2 aromatic heterocycles. The molecule has 1 N–H and O–H groups in total. The second kappa shape index (κ2) is 8.42. The lowest BCUT2D eigenvalue weighted by atomic mass is 9.60. The number of nitrogens with zero attached hydrogens (tertiary/aromatic N) is 4. The topological polar surface area (TPSA) is 66.8 Å². The molecule has 1 saturated carbocycles. The number of amides is 1. The average Bonchev–Trinajstić information content (AvgIpc) is 3.38. The fourth-order valence-electron chi connectivity index (χ4n) is 5.98. The van der Waals surface area contributed by atoms with E-state index in [4.69, 9.17) is 16.7 Å². The number of carbonyl (C=O) groups is 1. The number of hydrogen-bond acceptors (Lipinski definition) is 4. The smallest absolute Gasteiger partial charge is 0.223 e. The van der Waals surface area contributed by atoms with Gasteiger partial charge in [0, 0.05) is 52.7 Å². The Bertz CT molecular complexity index is 1430. The van der Waals surface area contributed by atoms with Crippen molar-refractivity contribution in [2.75, 3.05) is 18.8 Å². The van der Waals surface area contributed by atoms with Gasteiger partial charge in [0.15, 0.2) is 0 Å². The maximum Gasteiger partial charge on any atom is 0.223 e. The van der Waals surface area contributed by atoms with E-state index >= 15 is 0 Å². The van der Waals surface area contributed by atoms with Gasteiger partial charge in [-0.2, -0.15) is 22.8 Å². The van der Waals surface area contributed by atoms with Crippen molar-refractivity contribution in [2.45, 2.75) is 39.2 Å². The molecule has 2 aromatic carbocycles. The average molecular weight is 506 g/mol. The molecule has 8 heteroatoms. The number of thiol groups is 1. The molecule has 3 heterocycles. The molecule has 1 aliphatic heterocycles. The quantitative estimate of drug-likeness (QED) is 0.334. The van der Waals surface area contributed by atoms with Gasteiger partial charge < -0.3 is 4.90 Å². The van der Waals surface area contributed by atoms with Gasteiger partial charge >= 0.3 is 0 Å². The molecule has 0 atom stereocenters. The third-order valence-corrected chi connectivity index (χ3v) is 8.44. The Hall–Kier alpha value is -2.77. The number of H-pyrrole nitrogens is 1. The molecule has 6 nitrogen and oxygen atoms in total. The van der Waals surface area contributed by atoms with Crippen molar-refractivity contribution in [3.63, 3.8) is 0 Å². The summed E-state index contributed by atoms with van der Waals surface area (Å²) in [5, 5.41) is 14.3. The van der Waals surface area contributed by atoms with Crippen molar-refractivity contribution in [1.82, 2.24) is 24.9 Å². The van der Waals surface area contributed by atoms with Gasteiger partial charge in [0.25, 0.3) is 0 Å². The first-order valence-corrected chi connectivity index (χ1v) is 13.1. The SMILES string of the molecule is Cc1cc2[nH]ncc2c(-c2c(-c3ccccc3)nn(C3CC4(C3)CN(C(=O)CCS)C4)c2C)c1Cl. The summed E-state index contributed by atoms with van der Waals surface area (Å²) in [4.78, 5) is 14.2. The van der Waals surface area contributed by atoms with Crippen molar-refractivity contribution in [1.29, 1.82) is 0 Å². The van der Waals surface area contributed by atoms with Crippen LogP contribution in [0, 0.1) is 19.3 Å². The molecular weight excluding hydrogens is 478 g/mol. The van der Waals surface area contributed by atoms with Crippen molar-refractivity contribution in [2.24, 2.45) is 5.41 Å². The lowest BCUT2D eigenvalue weighted by molar-refractivity contribution is -0.153. The summed E-state index contributed by atoms with van der Waals surface area (Å²) in [6, 6.07) is 12.7. The molecule has 0 radical (unpaired) electrons. The molecular formula is C27H28ClN5OS. The van der Waals surface area contributed by atoms with E-state index in [9.17, 15) is 4.79 Å². The number of aromatic nitrogens is 4. The molecule has 2 fully saturated rings. The Kier molecular flexibility index (Phi) is 5.45. The highest BCUT2D eigenvalue weighted by molar-refractivity contribution is 7.80. The van der Waals surface area contributed by atoms with Crippen LogP contribution in [0.25, 0.3) is 33.3 Å². The summed E-state index contributed by atoms with van der Waals surface area (Å²) in [6.45, 7) is 5.89. The van der Waals surface area contributed by atoms with Crippen LogP contribution >= 0.6 is 24.2 Å². The standard InChI is InChI=1S/C27H28ClN5OS/c1-16-10-21-20(13-29-30-21)24(25(16)28)23-17(2)33(31-26(23)18-6-4-3-5-7-18)19-11-27(12-19)14-32(15-27)22(34)8-9-35/h3-7,10,13,19,35H,8-9,11-12,14-15H2,1-2H3,(H,29,30). The second-order valence-electron chi connectivity index (χ2n) is 10.1. The third kappa shape index (κ3) is 3.59. The van der Waals surface area contributed by atoms with Crippen LogP contribution in [0.3, 0.4) is 0 Å². The van der Waals surface area contributed by atoms with Gasteiger partial charge in [-0.05, 0) is 44.1 Å². The third-order valence-electron chi connectivity index (χ3n) is 7.73. The van der Waals surface area contributed by atoms with Gasteiger partial charge in [-0.25, -0.2) is 0 Å². The normalized spacial score (nSPS) is 17.1. The van der Waals surface area contributed by atoms with Crippen LogP contribution in [0.15, 0.2) is 42.6 Å². The van der Waals surface area contributed by atoms with Gasteiger partial charge in [-0.3, -0.25) is 14.6 Å². The zero-order valence-electron chi connectivity index (χ0n) is 19.9. The van der Waals surface area contributed by atoms with Crippen LogP contribution in [-0.4, -0.2) is 49.6 Å². The first-order chi connectivity index (χ1) is 16.9. The molecule has 1 saturated heterocycles. The Morgan fingerprint density at radius 2 is 1.94 bits per heavy atom. The number of rotatable bonds is 5. The van der Waals surface area contributed by atoms with Crippen molar-refractivity contribution < 1.29 is 4.79 Å². The van der Waals surface area contributed by atoms with Crippen LogP contribution in [0.2, 0.25) is 5.02 Å². The van der Waals surface area contributed by atoms with E-state index in [-0.39, 0.29) is 11.3 Å². The number of halogens is 1. The Labute approximate surface area is 215 Å². The molecule has 2 aliphatic rings. The fraction of sp³-hybridized carbons (Fsp3) is 0.370. The van der Waals surface area contributed by atoms with E-state index in [0.717, 1.165) is 75.5 Å². The number of carbonyl (C=O) groups excluding carboxylic acids is 1. The van der Waals surface area contributed by atoms with Crippen LogP contribution in [-0.2, 0) is 4.79 Å². The molecule has 6 rings (SSSR count). The van der Waals surface area contributed by atoms with Gasteiger partial charge in [0.1, 0.15) is 5.69 Å². The van der Waals surface area contributed by atoms with Crippen molar-refractivity contribution in [3.8, 4) is 22.4 Å². The van der Waals surface area contributed by atoms with E-state index in [0.29, 0.717) is 18.2 Å². The predicted octanol–water partition coefficient (Wildman–Crippen LogP) is 5.85. The monoisotopic (exact) mass is 505 g/mol. The van der Waals surface area contributed by atoms with E-state index in [1.165, 1.54) is 0 Å². The lowest BCUT2D eigenvalue weighted by Gasteiger charge is -2.59. The summed E-state index contributed by atoms with van der Waals surface area (Å²) in [7, 11) is 0. The first-order valence-electron chi connectivity index (χ1n) is 12.1. The summed E-state index contributed by atoms with van der Waals surface area (Å²) >= 11 is 11.2. The molecule has 180 valence electrons. The number of likely N-dealkylation sites (tertiary alicyclic amines) is 1.